The number of fused-ring (bicyclic) bond motifs is 1. The molecule has 2 heterocycles. The third kappa shape index (κ3) is 3.75. The van der Waals surface area contributed by atoms with Crippen molar-refractivity contribution in [1.82, 2.24) is 14.8 Å². The average Bonchev–Trinajstić information content (AvgIpc) is 3.18. The molecular weight excluding hydrogens is 385 g/mol. The van der Waals surface area contributed by atoms with Gasteiger partial charge < -0.3 is 9.84 Å². The fraction of sp³-hybridized carbons (Fsp3) is 0.529. The maximum Gasteiger partial charge on any atom is 0.143 e. The molecule has 3 unspecified atom stereocenters. The van der Waals surface area contributed by atoms with E-state index in [2.05, 4.69) is 10.1 Å². The summed E-state index contributed by atoms with van der Waals surface area (Å²) >= 11 is 18.6. The number of halogens is 3. The highest BCUT2D eigenvalue weighted by Gasteiger charge is 2.37. The number of ether oxygens (including phenoxy) is 1. The Morgan fingerprint density at radius 1 is 1.32 bits per heavy atom. The van der Waals surface area contributed by atoms with Crippen LogP contribution in [0.4, 0.5) is 0 Å². The van der Waals surface area contributed by atoms with E-state index in [9.17, 15) is 5.11 Å². The van der Waals surface area contributed by atoms with E-state index >= 15 is 0 Å². The van der Waals surface area contributed by atoms with E-state index in [4.69, 9.17) is 39.5 Å². The third-order valence-corrected chi connectivity index (χ3v) is 5.58. The molecule has 1 aromatic carbocycles. The van der Waals surface area contributed by atoms with Crippen LogP contribution in [0.15, 0.2) is 18.7 Å². The summed E-state index contributed by atoms with van der Waals surface area (Å²) in [5.74, 6) is 0.573. The molecule has 3 atom stereocenters. The summed E-state index contributed by atoms with van der Waals surface area (Å²) < 4.78 is 7.70. The van der Waals surface area contributed by atoms with Gasteiger partial charge >= 0.3 is 0 Å². The molecule has 3 rings (SSSR count). The fourth-order valence-corrected chi connectivity index (χ4v) is 3.89. The largest absolute Gasteiger partial charge is 0.488 e. The lowest BCUT2D eigenvalue weighted by Crippen LogP contribution is -2.38. The van der Waals surface area contributed by atoms with Gasteiger partial charge in [0, 0.05) is 18.4 Å². The van der Waals surface area contributed by atoms with E-state index < -0.39 is 6.10 Å². The number of benzene rings is 1. The summed E-state index contributed by atoms with van der Waals surface area (Å²) in [6, 6.07) is 1.31. The van der Waals surface area contributed by atoms with Crippen molar-refractivity contribution in [3.63, 3.8) is 0 Å². The molecule has 0 aliphatic carbocycles. The molecule has 1 aromatic heterocycles. The zero-order chi connectivity index (χ0) is 18.4. The van der Waals surface area contributed by atoms with Crippen molar-refractivity contribution in [2.24, 2.45) is 5.41 Å². The predicted octanol–water partition coefficient (Wildman–Crippen LogP) is 4.58. The Balaban J connectivity index is 1.85. The number of aliphatic hydroxyl groups excluding tert-OH is 1. The molecule has 5 nitrogen and oxygen atoms in total. The van der Waals surface area contributed by atoms with Crippen molar-refractivity contribution in [2.75, 3.05) is 0 Å². The van der Waals surface area contributed by atoms with Crippen molar-refractivity contribution in [2.45, 2.75) is 51.9 Å². The Morgan fingerprint density at radius 2 is 2.04 bits per heavy atom. The van der Waals surface area contributed by atoms with Crippen LogP contribution in [0.5, 0.6) is 5.75 Å². The SMILES string of the molecule is CC(C)(C)C(O)C(CC1Cc2c(Cl)c(Cl)cc(Cl)c2O1)n1cncn1. The minimum atomic E-state index is -0.629. The summed E-state index contributed by atoms with van der Waals surface area (Å²) in [6.07, 6.45) is 3.38. The minimum absolute atomic E-state index is 0.185. The molecule has 1 aliphatic heterocycles. The molecule has 2 aromatic rings. The number of rotatable bonds is 4. The molecule has 1 aliphatic rings. The van der Waals surface area contributed by atoms with Crippen LogP contribution in [-0.2, 0) is 6.42 Å². The Bertz CT molecular complexity index is 759. The fourth-order valence-electron chi connectivity index (χ4n) is 3.12. The van der Waals surface area contributed by atoms with Gasteiger partial charge in [-0.2, -0.15) is 5.10 Å². The Morgan fingerprint density at radius 3 is 2.64 bits per heavy atom. The summed E-state index contributed by atoms with van der Waals surface area (Å²) in [4.78, 5) is 4.00. The molecule has 0 fully saturated rings. The summed E-state index contributed by atoms with van der Waals surface area (Å²) in [5, 5.41) is 16.4. The first-order valence-corrected chi connectivity index (χ1v) is 9.17. The van der Waals surface area contributed by atoms with Crippen molar-refractivity contribution < 1.29 is 9.84 Å². The monoisotopic (exact) mass is 403 g/mol. The van der Waals surface area contributed by atoms with E-state index in [0.29, 0.717) is 33.7 Å². The first kappa shape index (κ1) is 18.8. The molecule has 25 heavy (non-hydrogen) atoms. The molecule has 0 amide bonds. The van der Waals surface area contributed by atoms with Gasteiger partial charge in [-0.05, 0) is 11.5 Å². The highest BCUT2D eigenvalue weighted by molar-refractivity contribution is 6.44. The van der Waals surface area contributed by atoms with E-state index in [1.807, 2.05) is 20.8 Å². The van der Waals surface area contributed by atoms with Crippen LogP contribution in [0, 0.1) is 5.41 Å². The summed E-state index contributed by atoms with van der Waals surface area (Å²) in [7, 11) is 0. The number of hydrogen-bond donors (Lipinski definition) is 1. The normalized spacial score (nSPS) is 19.4. The van der Waals surface area contributed by atoms with Gasteiger partial charge in [-0.3, -0.25) is 0 Å². The van der Waals surface area contributed by atoms with Crippen LogP contribution in [0.2, 0.25) is 15.1 Å². The van der Waals surface area contributed by atoms with Gasteiger partial charge in [0.1, 0.15) is 24.5 Å². The molecule has 8 heteroatoms. The lowest BCUT2D eigenvalue weighted by atomic mass is 9.82. The number of aromatic nitrogens is 3. The van der Waals surface area contributed by atoms with Crippen LogP contribution in [0.25, 0.3) is 0 Å². The Kier molecular flexibility index (Phi) is 5.22. The van der Waals surface area contributed by atoms with E-state index in [1.54, 1.807) is 17.1 Å². The van der Waals surface area contributed by atoms with Gasteiger partial charge in [-0.1, -0.05) is 55.6 Å². The van der Waals surface area contributed by atoms with Crippen molar-refractivity contribution in [1.29, 1.82) is 0 Å². The van der Waals surface area contributed by atoms with Crippen LogP contribution in [0.1, 0.15) is 38.8 Å². The minimum Gasteiger partial charge on any atom is -0.488 e. The van der Waals surface area contributed by atoms with Crippen molar-refractivity contribution in [3.8, 4) is 5.75 Å². The first-order chi connectivity index (χ1) is 11.7. The molecule has 0 spiro atoms. The molecule has 0 saturated heterocycles. The molecule has 0 saturated carbocycles. The van der Waals surface area contributed by atoms with Gasteiger partial charge in [0.15, 0.2) is 0 Å². The lowest BCUT2D eigenvalue weighted by Gasteiger charge is -2.34. The molecule has 0 bridgehead atoms. The molecular formula is C17H20Cl3N3O2. The second-order valence-corrected chi connectivity index (χ2v) is 8.59. The highest BCUT2D eigenvalue weighted by atomic mass is 35.5. The van der Waals surface area contributed by atoms with Crippen LogP contribution >= 0.6 is 34.8 Å². The zero-order valence-corrected chi connectivity index (χ0v) is 16.5. The average molecular weight is 405 g/mol. The molecule has 1 N–H and O–H groups in total. The Labute approximate surface area is 161 Å². The molecule has 0 radical (unpaired) electrons. The second kappa shape index (κ2) is 6.95. The van der Waals surface area contributed by atoms with Gasteiger partial charge in [0.2, 0.25) is 0 Å². The zero-order valence-electron chi connectivity index (χ0n) is 14.2. The van der Waals surface area contributed by atoms with Crippen molar-refractivity contribution in [3.05, 3.63) is 39.4 Å². The number of nitrogens with zero attached hydrogens (tertiary/aromatic N) is 3. The third-order valence-electron chi connectivity index (χ3n) is 4.47. The predicted molar refractivity (Wildman–Crippen MR) is 98.7 cm³/mol. The number of hydrogen-bond acceptors (Lipinski definition) is 4. The van der Waals surface area contributed by atoms with Gasteiger partial charge in [-0.15, -0.1) is 0 Å². The first-order valence-electron chi connectivity index (χ1n) is 8.03. The van der Waals surface area contributed by atoms with Gasteiger partial charge in [0.25, 0.3) is 0 Å². The maximum absolute atomic E-state index is 10.8. The highest BCUT2D eigenvalue weighted by Crippen LogP contribution is 2.45. The van der Waals surface area contributed by atoms with Crippen LogP contribution < -0.4 is 4.74 Å². The van der Waals surface area contributed by atoms with Gasteiger partial charge in [0.05, 0.1) is 27.2 Å². The number of aliphatic hydroxyl groups is 1. The maximum atomic E-state index is 10.8. The summed E-state index contributed by atoms with van der Waals surface area (Å²) in [6.45, 7) is 5.96. The van der Waals surface area contributed by atoms with Crippen molar-refractivity contribution >= 4 is 34.8 Å². The topological polar surface area (TPSA) is 60.2 Å². The second-order valence-electron chi connectivity index (χ2n) is 7.40. The van der Waals surface area contributed by atoms with Crippen LogP contribution in [0.3, 0.4) is 0 Å². The smallest absolute Gasteiger partial charge is 0.143 e. The summed E-state index contributed by atoms with van der Waals surface area (Å²) in [5.41, 5.74) is 0.493. The van der Waals surface area contributed by atoms with Crippen LogP contribution in [-0.4, -0.2) is 32.1 Å². The van der Waals surface area contributed by atoms with E-state index in [1.165, 1.54) is 6.33 Å². The Hall–Kier alpha value is -1.01. The lowest BCUT2D eigenvalue weighted by molar-refractivity contribution is -0.00211. The molecule has 136 valence electrons. The van der Waals surface area contributed by atoms with E-state index in [-0.39, 0.29) is 17.6 Å². The van der Waals surface area contributed by atoms with E-state index in [0.717, 1.165) is 5.56 Å². The quantitative estimate of drug-likeness (QED) is 0.758. The van der Waals surface area contributed by atoms with Gasteiger partial charge in [-0.25, -0.2) is 9.67 Å². The standard InChI is InChI=1S/C17H20Cl3N3O2/c1-17(2,3)16(24)13(23-8-21-7-22-23)5-9-4-10-14(20)11(18)6-12(19)15(10)25-9/h6-9,13,16,24H,4-5H2,1-3H3.